The van der Waals surface area contributed by atoms with Crippen LogP contribution in [0.3, 0.4) is 0 Å². The highest BCUT2D eigenvalue weighted by atomic mass is 32.1. The van der Waals surface area contributed by atoms with Crippen molar-refractivity contribution in [1.29, 1.82) is 0 Å². The van der Waals surface area contributed by atoms with E-state index in [1.807, 2.05) is 24.4 Å². The maximum atomic E-state index is 5.58. The Labute approximate surface area is 142 Å². The lowest BCUT2D eigenvalue weighted by Gasteiger charge is -2.28. The van der Waals surface area contributed by atoms with E-state index in [2.05, 4.69) is 45.0 Å². The molecule has 0 aromatic carbocycles. The zero-order chi connectivity index (χ0) is 16.2. The number of thiocarbonyl (C=S) groups is 1. The lowest BCUT2D eigenvalue weighted by atomic mass is 10.0. The SMILES string of the molecule is CCn1cccc1C1C(c2ccccn2)NC(=S)N1CCOC. The van der Waals surface area contributed by atoms with Crippen molar-refractivity contribution in [3.8, 4) is 0 Å². The number of pyridine rings is 1. The topological polar surface area (TPSA) is 42.3 Å². The van der Waals surface area contributed by atoms with Crippen molar-refractivity contribution >= 4 is 17.3 Å². The number of hydrogen-bond donors (Lipinski definition) is 1. The number of ether oxygens (including phenoxy) is 1. The summed E-state index contributed by atoms with van der Waals surface area (Å²) in [5.41, 5.74) is 2.25. The molecule has 3 heterocycles. The van der Waals surface area contributed by atoms with Crippen molar-refractivity contribution in [2.24, 2.45) is 0 Å². The Bertz CT molecular complexity index is 658. The van der Waals surface area contributed by atoms with Gasteiger partial charge in [-0.3, -0.25) is 4.98 Å². The van der Waals surface area contributed by atoms with E-state index >= 15 is 0 Å². The van der Waals surface area contributed by atoms with Crippen LogP contribution in [0.25, 0.3) is 0 Å². The third-order valence-corrected chi connectivity index (χ3v) is 4.59. The van der Waals surface area contributed by atoms with Crippen LogP contribution < -0.4 is 5.32 Å². The number of nitrogens with one attached hydrogen (secondary N) is 1. The minimum absolute atomic E-state index is 0.0424. The predicted octanol–water partition coefficient (Wildman–Crippen LogP) is 2.52. The molecular weight excluding hydrogens is 308 g/mol. The Morgan fingerprint density at radius 1 is 1.30 bits per heavy atom. The van der Waals surface area contributed by atoms with E-state index in [4.69, 9.17) is 17.0 Å². The average Bonchev–Trinajstić information content (AvgIpc) is 3.17. The summed E-state index contributed by atoms with van der Waals surface area (Å²) in [4.78, 5) is 6.74. The van der Waals surface area contributed by atoms with Crippen molar-refractivity contribution in [3.05, 3.63) is 54.1 Å². The summed E-state index contributed by atoms with van der Waals surface area (Å²) in [5.74, 6) is 0. The Kier molecular flexibility index (Phi) is 4.93. The number of rotatable bonds is 6. The molecule has 2 aromatic rings. The van der Waals surface area contributed by atoms with E-state index in [-0.39, 0.29) is 12.1 Å². The van der Waals surface area contributed by atoms with Crippen LogP contribution in [-0.2, 0) is 11.3 Å². The molecule has 1 N–H and O–H groups in total. The highest BCUT2D eigenvalue weighted by Crippen LogP contribution is 2.38. The quantitative estimate of drug-likeness (QED) is 0.825. The minimum atomic E-state index is 0.0424. The number of methoxy groups -OCH3 is 1. The highest BCUT2D eigenvalue weighted by molar-refractivity contribution is 7.80. The standard InChI is InChI=1S/C17H22N4OS/c1-3-20-10-6-8-14(20)16-15(13-7-4-5-9-18-13)19-17(23)21(16)11-12-22-2/h4-10,15-16H,3,11-12H2,1-2H3,(H,19,23). The number of nitrogens with zero attached hydrogens (tertiary/aromatic N) is 3. The van der Waals surface area contributed by atoms with E-state index in [0.717, 1.165) is 23.9 Å². The van der Waals surface area contributed by atoms with Gasteiger partial charge in [0.15, 0.2) is 5.11 Å². The maximum absolute atomic E-state index is 5.58. The van der Waals surface area contributed by atoms with Crippen LogP contribution in [0.5, 0.6) is 0 Å². The summed E-state index contributed by atoms with van der Waals surface area (Å²) in [6.07, 6.45) is 3.94. The van der Waals surface area contributed by atoms with Crippen LogP contribution in [0.4, 0.5) is 0 Å². The molecule has 2 aromatic heterocycles. The Morgan fingerprint density at radius 2 is 2.17 bits per heavy atom. The second kappa shape index (κ2) is 7.10. The second-order valence-corrected chi connectivity index (χ2v) is 5.92. The molecule has 0 radical (unpaired) electrons. The summed E-state index contributed by atoms with van der Waals surface area (Å²) in [5, 5.41) is 4.20. The first-order valence-electron chi connectivity index (χ1n) is 7.88. The molecule has 1 aliphatic rings. The summed E-state index contributed by atoms with van der Waals surface area (Å²) < 4.78 is 7.52. The molecule has 23 heavy (non-hydrogen) atoms. The summed E-state index contributed by atoms with van der Waals surface area (Å²) in [6.45, 7) is 4.48. The van der Waals surface area contributed by atoms with E-state index in [0.29, 0.717) is 6.61 Å². The van der Waals surface area contributed by atoms with Crippen LogP contribution in [0, 0.1) is 0 Å². The maximum Gasteiger partial charge on any atom is 0.170 e. The smallest absolute Gasteiger partial charge is 0.170 e. The minimum Gasteiger partial charge on any atom is -0.383 e. The molecule has 2 unspecified atom stereocenters. The van der Waals surface area contributed by atoms with Gasteiger partial charge in [0.05, 0.1) is 24.4 Å². The lowest BCUT2D eigenvalue weighted by Crippen LogP contribution is -2.33. The van der Waals surface area contributed by atoms with Gasteiger partial charge in [-0.05, 0) is 43.4 Å². The van der Waals surface area contributed by atoms with Crippen LogP contribution in [0.1, 0.15) is 30.4 Å². The summed E-state index contributed by atoms with van der Waals surface area (Å²) >= 11 is 5.58. The number of aryl methyl sites for hydroxylation is 1. The summed E-state index contributed by atoms with van der Waals surface area (Å²) in [6, 6.07) is 10.4. The second-order valence-electron chi connectivity index (χ2n) is 5.53. The fraction of sp³-hybridized carbons (Fsp3) is 0.412. The van der Waals surface area contributed by atoms with Gasteiger partial charge in [0.2, 0.25) is 0 Å². The van der Waals surface area contributed by atoms with Gasteiger partial charge in [-0.15, -0.1) is 0 Å². The zero-order valence-corrected chi connectivity index (χ0v) is 14.3. The fourth-order valence-electron chi connectivity index (χ4n) is 3.14. The molecule has 1 saturated heterocycles. The molecule has 0 bridgehead atoms. The normalized spacial score (nSPS) is 20.8. The van der Waals surface area contributed by atoms with Crippen molar-refractivity contribution in [3.63, 3.8) is 0 Å². The van der Waals surface area contributed by atoms with Gasteiger partial charge in [0, 0.05) is 38.3 Å². The van der Waals surface area contributed by atoms with Crippen molar-refractivity contribution in [2.75, 3.05) is 20.3 Å². The third kappa shape index (κ3) is 3.09. The van der Waals surface area contributed by atoms with Crippen molar-refractivity contribution in [1.82, 2.24) is 19.8 Å². The summed E-state index contributed by atoms with van der Waals surface area (Å²) in [7, 11) is 1.71. The molecule has 6 heteroatoms. The van der Waals surface area contributed by atoms with Crippen molar-refractivity contribution < 1.29 is 4.74 Å². The molecule has 2 atom stereocenters. The van der Waals surface area contributed by atoms with Crippen LogP contribution in [0.15, 0.2) is 42.7 Å². The molecule has 1 fully saturated rings. The van der Waals surface area contributed by atoms with Gasteiger partial charge >= 0.3 is 0 Å². The Balaban J connectivity index is 2.00. The Hall–Kier alpha value is -1.92. The van der Waals surface area contributed by atoms with Crippen LogP contribution in [0.2, 0.25) is 0 Å². The van der Waals surface area contributed by atoms with E-state index in [1.54, 1.807) is 7.11 Å². The molecule has 0 amide bonds. The van der Waals surface area contributed by atoms with Gasteiger partial charge in [0.1, 0.15) is 0 Å². The average molecular weight is 330 g/mol. The predicted molar refractivity (Wildman–Crippen MR) is 94.1 cm³/mol. The lowest BCUT2D eigenvalue weighted by molar-refractivity contribution is 0.162. The molecule has 0 saturated carbocycles. The first kappa shape index (κ1) is 16.0. The third-order valence-electron chi connectivity index (χ3n) is 4.24. The largest absolute Gasteiger partial charge is 0.383 e. The molecule has 1 aliphatic heterocycles. The van der Waals surface area contributed by atoms with Gasteiger partial charge in [-0.2, -0.15) is 0 Å². The van der Waals surface area contributed by atoms with Crippen LogP contribution >= 0.6 is 12.2 Å². The highest BCUT2D eigenvalue weighted by Gasteiger charge is 2.40. The molecule has 122 valence electrons. The first-order valence-corrected chi connectivity index (χ1v) is 8.29. The fourth-order valence-corrected chi connectivity index (χ4v) is 3.47. The molecular formula is C17H22N4OS. The first-order chi connectivity index (χ1) is 11.3. The van der Waals surface area contributed by atoms with Crippen LogP contribution in [-0.4, -0.2) is 39.8 Å². The Morgan fingerprint density at radius 3 is 2.87 bits per heavy atom. The molecule has 5 nitrogen and oxygen atoms in total. The van der Waals surface area contributed by atoms with E-state index < -0.39 is 0 Å². The monoisotopic (exact) mass is 330 g/mol. The van der Waals surface area contributed by atoms with Gasteiger partial charge < -0.3 is 19.5 Å². The molecule has 0 spiro atoms. The molecule has 3 rings (SSSR count). The van der Waals surface area contributed by atoms with Gasteiger partial charge in [-0.1, -0.05) is 6.07 Å². The zero-order valence-electron chi connectivity index (χ0n) is 13.5. The van der Waals surface area contributed by atoms with Gasteiger partial charge in [0.25, 0.3) is 0 Å². The number of aromatic nitrogens is 2. The van der Waals surface area contributed by atoms with E-state index in [1.165, 1.54) is 5.69 Å². The van der Waals surface area contributed by atoms with Crippen molar-refractivity contribution in [2.45, 2.75) is 25.6 Å². The van der Waals surface area contributed by atoms with E-state index in [9.17, 15) is 0 Å². The molecule has 0 aliphatic carbocycles. The van der Waals surface area contributed by atoms with Gasteiger partial charge in [-0.25, -0.2) is 0 Å². The number of hydrogen-bond acceptors (Lipinski definition) is 3.